The van der Waals surface area contributed by atoms with Gasteiger partial charge in [-0.3, -0.25) is 0 Å². The second-order valence-electron chi connectivity index (χ2n) is 7.52. The molecule has 0 aromatic heterocycles. The molecule has 4 heteroatoms. The summed E-state index contributed by atoms with van der Waals surface area (Å²) in [6, 6.07) is 26.4. The van der Waals surface area contributed by atoms with Gasteiger partial charge in [0.2, 0.25) is 0 Å². The summed E-state index contributed by atoms with van der Waals surface area (Å²) in [4.78, 5) is 4.44. The molecule has 0 saturated heterocycles. The first-order valence-corrected chi connectivity index (χ1v) is 10.9. The van der Waals surface area contributed by atoms with Gasteiger partial charge in [0.05, 0.1) is 0 Å². The van der Waals surface area contributed by atoms with Gasteiger partial charge in [-0.25, -0.2) is 0 Å². The Bertz CT molecular complexity index is 1200. The van der Waals surface area contributed by atoms with Gasteiger partial charge in [0, 0.05) is 35.2 Å². The van der Waals surface area contributed by atoms with Crippen LogP contribution in [0.1, 0.15) is 16.7 Å². The van der Waals surface area contributed by atoms with Gasteiger partial charge in [-0.1, -0.05) is 77.8 Å². The van der Waals surface area contributed by atoms with Gasteiger partial charge in [-0.2, -0.15) is 0 Å². The van der Waals surface area contributed by atoms with E-state index in [4.69, 9.17) is 23.2 Å². The Kier molecular flexibility index (Phi) is 5.42. The van der Waals surface area contributed by atoms with Crippen LogP contribution < -0.4 is 0 Å². The summed E-state index contributed by atoms with van der Waals surface area (Å²) in [6.07, 6.45) is 10.8. The summed E-state index contributed by atoms with van der Waals surface area (Å²) in [5, 5.41) is 1.46. The SMILES string of the molecule is Clc1ccc(C2=CC(c3ccc(Cl)cc3)=CN3C=CN(Cc4ccccc4)C3=C2)cc1. The minimum Gasteiger partial charge on any atom is -0.328 e. The van der Waals surface area contributed by atoms with Crippen LogP contribution in [-0.2, 0) is 6.54 Å². The fourth-order valence-electron chi connectivity index (χ4n) is 3.78. The molecule has 0 fully saturated rings. The van der Waals surface area contributed by atoms with Crippen molar-refractivity contribution in [2.75, 3.05) is 0 Å². The second kappa shape index (κ2) is 8.50. The largest absolute Gasteiger partial charge is 0.328 e. The lowest BCUT2D eigenvalue weighted by Crippen LogP contribution is -2.19. The van der Waals surface area contributed by atoms with Crippen LogP contribution in [0, 0.1) is 0 Å². The number of allylic oxidation sites excluding steroid dienone is 4. The van der Waals surface area contributed by atoms with Crippen molar-refractivity contribution in [3.8, 4) is 0 Å². The number of halogens is 2. The Balaban J connectivity index is 1.57. The van der Waals surface area contributed by atoms with Crippen molar-refractivity contribution in [1.82, 2.24) is 9.80 Å². The Morgan fingerprint density at radius 3 is 1.87 bits per heavy atom. The van der Waals surface area contributed by atoms with E-state index in [1.807, 2.05) is 30.3 Å². The molecular weight excluding hydrogens is 423 g/mol. The number of fused-ring (bicyclic) bond motifs is 1. The summed E-state index contributed by atoms with van der Waals surface area (Å²) >= 11 is 12.3. The van der Waals surface area contributed by atoms with E-state index in [0.29, 0.717) is 0 Å². The second-order valence-corrected chi connectivity index (χ2v) is 8.39. The molecule has 2 aliphatic rings. The lowest BCUT2D eigenvalue weighted by molar-refractivity contribution is 0.405. The lowest BCUT2D eigenvalue weighted by atomic mass is 9.99. The molecular formula is C27H20Cl2N2. The van der Waals surface area contributed by atoms with Gasteiger partial charge >= 0.3 is 0 Å². The fourth-order valence-corrected chi connectivity index (χ4v) is 4.03. The van der Waals surface area contributed by atoms with Crippen molar-refractivity contribution in [2.24, 2.45) is 0 Å². The average Bonchev–Trinajstić information content (AvgIpc) is 3.04. The normalized spacial score (nSPS) is 15.2. The van der Waals surface area contributed by atoms with Crippen molar-refractivity contribution in [1.29, 1.82) is 0 Å². The zero-order chi connectivity index (χ0) is 21.2. The molecule has 0 atom stereocenters. The Morgan fingerprint density at radius 2 is 1.23 bits per heavy atom. The third-order valence-electron chi connectivity index (χ3n) is 5.39. The number of benzene rings is 3. The van der Waals surface area contributed by atoms with Crippen molar-refractivity contribution >= 4 is 34.3 Å². The van der Waals surface area contributed by atoms with E-state index in [0.717, 1.165) is 44.7 Å². The first-order chi connectivity index (χ1) is 15.2. The predicted octanol–water partition coefficient (Wildman–Crippen LogP) is 7.56. The highest BCUT2D eigenvalue weighted by atomic mass is 35.5. The Labute approximate surface area is 192 Å². The van der Waals surface area contributed by atoms with Crippen molar-refractivity contribution in [3.05, 3.63) is 142 Å². The van der Waals surface area contributed by atoms with Crippen molar-refractivity contribution in [3.63, 3.8) is 0 Å². The molecule has 2 aliphatic heterocycles. The number of hydrogen-bond acceptors (Lipinski definition) is 2. The Hall–Kier alpha value is -3.20. The van der Waals surface area contributed by atoms with Crippen LogP contribution in [0.4, 0.5) is 0 Å². The molecule has 152 valence electrons. The zero-order valence-electron chi connectivity index (χ0n) is 16.7. The van der Waals surface area contributed by atoms with E-state index < -0.39 is 0 Å². The molecule has 3 aromatic carbocycles. The molecule has 0 amide bonds. The number of nitrogens with zero attached hydrogens (tertiary/aromatic N) is 2. The van der Waals surface area contributed by atoms with Gasteiger partial charge < -0.3 is 9.80 Å². The van der Waals surface area contributed by atoms with E-state index in [2.05, 4.69) is 89.1 Å². The maximum absolute atomic E-state index is 6.14. The first kappa shape index (κ1) is 19.7. The number of hydrogen-bond donors (Lipinski definition) is 0. The van der Waals surface area contributed by atoms with E-state index in [9.17, 15) is 0 Å². The van der Waals surface area contributed by atoms with E-state index >= 15 is 0 Å². The maximum atomic E-state index is 6.14. The average molecular weight is 443 g/mol. The molecule has 0 aliphatic carbocycles. The van der Waals surface area contributed by atoms with E-state index in [-0.39, 0.29) is 0 Å². The standard InChI is InChI=1S/C27H20Cl2N2/c28-25-10-6-21(7-11-25)23-16-24(22-8-12-26(29)13-9-22)19-31-15-14-30(27(31)17-23)18-20-4-2-1-3-5-20/h1-17,19H,18H2. The van der Waals surface area contributed by atoms with Gasteiger partial charge in [-0.05, 0) is 64.3 Å². The molecule has 0 radical (unpaired) electrons. The minimum absolute atomic E-state index is 0.730. The van der Waals surface area contributed by atoms with Crippen LogP contribution in [0.25, 0.3) is 11.1 Å². The summed E-state index contributed by atoms with van der Waals surface area (Å²) in [7, 11) is 0. The fraction of sp³-hybridized carbons (Fsp3) is 0.0370. The topological polar surface area (TPSA) is 6.48 Å². The molecule has 0 bridgehead atoms. The van der Waals surface area contributed by atoms with Gasteiger partial charge in [0.15, 0.2) is 0 Å². The minimum atomic E-state index is 0.730. The van der Waals surface area contributed by atoms with Gasteiger partial charge in [0.1, 0.15) is 5.82 Å². The van der Waals surface area contributed by atoms with Crippen molar-refractivity contribution < 1.29 is 0 Å². The van der Waals surface area contributed by atoms with Crippen LogP contribution in [0.2, 0.25) is 10.0 Å². The number of rotatable bonds is 4. The van der Waals surface area contributed by atoms with Crippen LogP contribution in [0.15, 0.2) is 115 Å². The predicted molar refractivity (Wildman–Crippen MR) is 130 cm³/mol. The van der Waals surface area contributed by atoms with Crippen LogP contribution in [-0.4, -0.2) is 9.80 Å². The van der Waals surface area contributed by atoms with Gasteiger partial charge in [0.25, 0.3) is 0 Å². The van der Waals surface area contributed by atoms with E-state index in [1.165, 1.54) is 5.56 Å². The third kappa shape index (κ3) is 4.32. The molecule has 5 rings (SSSR count). The highest BCUT2D eigenvalue weighted by molar-refractivity contribution is 6.30. The molecule has 2 nitrogen and oxygen atoms in total. The zero-order valence-corrected chi connectivity index (χ0v) is 18.3. The van der Waals surface area contributed by atoms with Crippen LogP contribution in [0.3, 0.4) is 0 Å². The molecule has 0 N–H and O–H groups in total. The third-order valence-corrected chi connectivity index (χ3v) is 5.89. The summed E-state index contributed by atoms with van der Waals surface area (Å²) in [5.74, 6) is 1.11. The highest BCUT2D eigenvalue weighted by Crippen LogP contribution is 2.34. The molecule has 0 spiro atoms. The molecule has 31 heavy (non-hydrogen) atoms. The summed E-state index contributed by atoms with van der Waals surface area (Å²) in [6.45, 7) is 0.803. The summed E-state index contributed by atoms with van der Waals surface area (Å²) in [5.41, 5.74) is 5.72. The van der Waals surface area contributed by atoms with Crippen LogP contribution >= 0.6 is 23.2 Å². The molecule has 0 unspecified atom stereocenters. The van der Waals surface area contributed by atoms with Crippen molar-refractivity contribution in [2.45, 2.75) is 6.54 Å². The van der Waals surface area contributed by atoms with Gasteiger partial charge in [-0.15, -0.1) is 0 Å². The Morgan fingerprint density at radius 1 is 0.613 bits per heavy atom. The monoisotopic (exact) mass is 442 g/mol. The van der Waals surface area contributed by atoms with E-state index in [1.54, 1.807) is 0 Å². The lowest BCUT2D eigenvalue weighted by Gasteiger charge is -2.23. The molecule has 2 heterocycles. The quantitative estimate of drug-likeness (QED) is 0.411. The van der Waals surface area contributed by atoms with Crippen LogP contribution in [0.5, 0.6) is 0 Å². The maximum Gasteiger partial charge on any atom is 0.117 e. The first-order valence-electron chi connectivity index (χ1n) is 10.1. The molecule has 0 saturated carbocycles. The molecule has 3 aromatic rings. The highest BCUT2D eigenvalue weighted by Gasteiger charge is 2.22. The summed E-state index contributed by atoms with van der Waals surface area (Å²) < 4.78 is 0. The smallest absolute Gasteiger partial charge is 0.117 e.